The zero-order chi connectivity index (χ0) is 13.1. The molecular formula is C12H22N2OS2. The van der Waals surface area contributed by atoms with Crippen LogP contribution in [0.2, 0.25) is 0 Å². The van der Waals surface area contributed by atoms with Gasteiger partial charge in [0.25, 0.3) is 0 Å². The molecule has 0 saturated heterocycles. The van der Waals surface area contributed by atoms with Crippen LogP contribution in [0.1, 0.15) is 35.5 Å². The summed E-state index contributed by atoms with van der Waals surface area (Å²) in [6.07, 6.45) is 2.01. The van der Waals surface area contributed by atoms with Crippen molar-refractivity contribution in [3.05, 3.63) is 15.6 Å². The summed E-state index contributed by atoms with van der Waals surface area (Å²) in [5, 5.41) is 14.6. The first kappa shape index (κ1) is 15.0. The molecule has 0 bridgehead atoms. The van der Waals surface area contributed by atoms with E-state index in [4.69, 9.17) is 0 Å². The van der Waals surface area contributed by atoms with Crippen LogP contribution < -0.4 is 5.32 Å². The van der Waals surface area contributed by atoms with Crippen molar-refractivity contribution in [1.29, 1.82) is 0 Å². The molecule has 1 aromatic heterocycles. The van der Waals surface area contributed by atoms with Gasteiger partial charge in [0.15, 0.2) is 0 Å². The van der Waals surface area contributed by atoms with Crippen molar-refractivity contribution in [2.24, 2.45) is 0 Å². The van der Waals surface area contributed by atoms with Gasteiger partial charge < -0.3 is 10.4 Å². The lowest BCUT2D eigenvalue weighted by Gasteiger charge is -2.25. The molecule has 3 nitrogen and oxygen atoms in total. The van der Waals surface area contributed by atoms with Crippen LogP contribution in [0.15, 0.2) is 0 Å². The Morgan fingerprint density at radius 1 is 1.53 bits per heavy atom. The molecule has 0 fully saturated rings. The van der Waals surface area contributed by atoms with Gasteiger partial charge in [0.1, 0.15) is 0 Å². The van der Waals surface area contributed by atoms with Gasteiger partial charge in [0.2, 0.25) is 0 Å². The molecule has 0 radical (unpaired) electrons. The van der Waals surface area contributed by atoms with Gasteiger partial charge in [-0.05, 0) is 34.0 Å². The second-order valence-corrected chi connectivity index (χ2v) is 6.82. The molecule has 0 amide bonds. The van der Waals surface area contributed by atoms with Crippen LogP contribution in [0.4, 0.5) is 0 Å². The summed E-state index contributed by atoms with van der Waals surface area (Å²) in [6, 6.07) is 0.245. The van der Waals surface area contributed by atoms with E-state index >= 15 is 0 Å². The summed E-state index contributed by atoms with van der Waals surface area (Å²) < 4.78 is 0. The lowest BCUT2D eigenvalue weighted by atomic mass is 10.1. The van der Waals surface area contributed by atoms with E-state index in [0.29, 0.717) is 6.54 Å². The Morgan fingerprint density at radius 3 is 2.65 bits per heavy atom. The summed E-state index contributed by atoms with van der Waals surface area (Å²) in [5.74, 6) is 0.743. The van der Waals surface area contributed by atoms with Crippen LogP contribution in [-0.2, 0) is 0 Å². The molecule has 0 aliphatic carbocycles. The number of rotatable bonds is 6. The van der Waals surface area contributed by atoms with E-state index in [2.05, 4.69) is 17.2 Å². The fourth-order valence-corrected chi connectivity index (χ4v) is 3.45. The van der Waals surface area contributed by atoms with Crippen LogP contribution in [0.5, 0.6) is 0 Å². The third kappa shape index (κ3) is 4.58. The molecule has 2 atom stereocenters. The summed E-state index contributed by atoms with van der Waals surface area (Å²) in [6.45, 7) is 8.66. The second-order valence-electron chi connectivity index (χ2n) is 4.72. The first-order chi connectivity index (χ1) is 7.85. The Labute approximate surface area is 112 Å². The van der Waals surface area contributed by atoms with Gasteiger partial charge in [-0.3, -0.25) is 0 Å². The minimum absolute atomic E-state index is 0.245. The van der Waals surface area contributed by atoms with Crippen LogP contribution in [0.25, 0.3) is 0 Å². The highest BCUT2D eigenvalue weighted by molar-refractivity contribution is 7.98. The summed E-state index contributed by atoms with van der Waals surface area (Å²) >= 11 is 3.39. The van der Waals surface area contributed by atoms with E-state index in [-0.39, 0.29) is 6.04 Å². The number of aryl methyl sites for hydroxylation is 2. The number of thioether (sulfide) groups is 1. The first-order valence-corrected chi connectivity index (χ1v) is 7.95. The van der Waals surface area contributed by atoms with Gasteiger partial charge in [0.05, 0.1) is 16.3 Å². The predicted octanol–water partition coefficient (Wildman–Crippen LogP) is 2.52. The highest BCUT2D eigenvalue weighted by Gasteiger charge is 2.21. The topological polar surface area (TPSA) is 45.1 Å². The van der Waals surface area contributed by atoms with Crippen LogP contribution in [0, 0.1) is 13.8 Å². The lowest BCUT2D eigenvalue weighted by Crippen LogP contribution is -2.40. The van der Waals surface area contributed by atoms with E-state index in [1.54, 1.807) is 23.1 Å². The Kier molecular flexibility index (Phi) is 5.44. The largest absolute Gasteiger partial charge is 0.388 e. The van der Waals surface area contributed by atoms with Crippen molar-refractivity contribution in [3.63, 3.8) is 0 Å². The highest BCUT2D eigenvalue weighted by Crippen LogP contribution is 2.24. The lowest BCUT2D eigenvalue weighted by molar-refractivity contribution is 0.0821. The number of hydrogen-bond acceptors (Lipinski definition) is 5. The molecule has 0 saturated carbocycles. The molecule has 98 valence electrons. The smallest absolute Gasteiger partial charge is 0.0900 e. The number of nitrogens with one attached hydrogen (secondary N) is 1. The van der Waals surface area contributed by atoms with E-state index in [0.717, 1.165) is 16.5 Å². The Bertz CT molecular complexity index is 363. The Morgan fingerprint density at radius 2 is 2.18 bits per heavy atom. The van der Waals surface area contributed by atoms with Crippen molar-refractivity contribution in [3.8, 4) is 0 Å². The third-order valence-electron chi connectivity index (χ3n) is 2.58. The molecule has 2 N–H and O–H groups in total. The minimum atomic E-state index is -0.651. The maximum Gasteiger partial charge on any atom is 0.0900 e. The van der Waals surface area contributed by atoms with E-state index < -0.39 is 5.60 Å². The van der Waals surface area contributed by atoms with E-state index in [9.17, 15) is 5.11 Å². The average molecular weight is 274 g/mol. The average Bonchev–Trinajstić information content (AvgIpc) is 2.54. The number of hydrogen-bond donors (Lipinski definition) is 2. The van der Waals surface area contributed by atoms with Crippen LogP contribution in [0.3, 0.4) is 0 Å². The zero-order valence-corrected chi connectivity index (χ0v) is 12.8. The second kappa shape index (κ2) is 6.18. The first-order valence-electron chi connectivity index (χ1n) is 5.74. The van der Waals surface area contributed by atoms with E-state index in [1.165, 1.54) is 4.88 Å². The monoisotopic (exact) mass is 274 g/mol. The third-order valence-corrected chi connectivity index (χ3v) is 4.74. The molecule has 1 aromatic rings. The molecule has 0 spiro atoms. The summed E-state index contributed by atoms with van der Waals surface area (Å²) in [7, 11) is 0. The predicted molar refractivity (Wildman–Crippen MR) is 77.0 cm³/mol. The Hall–Kier alpha value is -0.100. The van der Waals surface area contributed by atoms with Gasteiger partial charge in [0, 0.05) is 23.2 Å². The Balaban J connectivity index is 2.55. The standard InChI is InChI=1S/C12H22N2OS2/c1-8(11-9(2)14-10(3)17-11)13-6-12(4,15)7-16-5/h8,13,15H,6-7H2,1-5H3. The molecule has 1 rings (SSSR count). The minimum Gasteiger partial charge on any atom is -0.388 e. The maximum atomic E-state index is 10.1. The van der Waals surface area contributed by atoms with Gasteiger partial charge in [-0.15, -0.1) is 11.3 Å². The molecule has 17 heavy (non-hydrogen) atoms. The van der Waals surface area contributed by atoms with Gasteiger partial charge in [-0.1, -0.05) is 0 Å². The van der Waals surface area contributed by atoms with Gasteiger partial charge in [-0.25, -0.2) is 4.98 Å². The van der Waals surface area contributed by atoms with Crippen molar-refractivity contribution in [2.75, 3.05) is 18.6 Å². The quantitative estimate of drug-likeness (QED) is 0.837. The molecule has 1 heterocycles. The zero-order valence-electron chi connectivity index (χ0n) is 11.2. The van der Waals surface area contributed by atoms with Crippen LogP contribution in [-0.4, -0.2) is 34.2 Å². The molecule has 2 unspecified atom stereocenters. The van der Waals surface area contributed by atoms with Crippen molar-refractivity contribution in [2.45, 2.75) is 39.3 Å². The number of thiazole rings is 1. The van der Waals surface area contributed by atoms with E-state index in [1.807, 2.05) is 27.0 Å². The SMILES string of the molecule is CSCC(C)(O)CNC(C)c1sc(C)nc1C. The maximum absolute atomic E-state index is 10.1. The van der Waals surface area contributed by atoms with Gasteiger partial charge in [-0.2, -0.15) is 11.8 Å². The number of aliphatic hydroxyl groups is 1. The highest BCUT2D eigenvalue weighted by atomic mass is 32.2. The normalized spacial score (nSPS) is 16.8. The molecule has 0 aliphatic rings. The summed E-state index contributed by atoms with van der Waals surface area (Å²) in [4.78, 5) is 5.69. The van der Waals surface area contributed by atoms with Gasteiger partial charge >= 0.3 is 0 Å². The fourth-order valence-electron chi connectivity index (χ4n) is 1.78. The molecule has 5 heteroatoms. The number of nitrogens with zero attached hydrogens (tertiary/aromatic N) is 1. The van der Waals surface area contributed by atoms with Crippen molar-refractivity contribution in [1.82, 2.24) is 10.3 Å². The summed E-state index contributed by atoms with van der Waals surface area (Å²) in [5.41, 5.74) is 0.443. The molecular weight excluding hydrogens is 252 g/mol. The molecule has 0 aliphatic heterocycles. The van der Waals surface area contributed by atoms with Crippen molar-refractivity contribution >= 4 is 23.1 Å². The van der Waals surface area contributed by atoms with Crippen LogP contribution >= 0.6 is 23.1 Å². The van der Waals surface area contributed by atoms with Crippen molar-refractivity contribution < 1.29 is 5.11 Å². The fraction of sp³-hybridized carbons (Fsp3) is 0.750. The molecule has 0 aromatic carbocycles. The number of aromatic nitrogens is 1.